The molecule has 4 heteroatoms. The molecule has 20 heavy (non-hydrogen) atoms. The van der Waals surface area contributed by atoms with Gasteiger partial charge in [0.15, 0.2) is 6.10 Å². The maximum atomic E-state index is 12.0. The van der Waals surface area contributed by atoms with Gasteiger partial charge >= 0.3 is 0 Å². The Bertz CT molecular complexity index is 444. The van der Waals surface area contributed by atoms with E-state index in [1.165, 1.54) is 0 Å². The minimum Gasteiger partial charge on any atom is -0.480 e. The molecule has 112 valence electrons. The van der Waals surface area contributed by atoms with Gasteiger partial charge in [-0.1, -0.05) is 32.0 Å². The number of hydrogen-bond acceptors (Lipinski definition) is 3. The van der Waals surface area contributed by atoms with Crippen molar-refractivity contribution in [2.24, 2.45) is 5.92 Å². The summed E-state index contributed by atoms with van der Waals surface area (Å²) < 4.78 is 5.87. The van der Waals surface area contributed by atoms with Crippen molar-refractivity contribution in [3.8, 4) is 5.75 Å². The van der Waals surface area contributed by atoms with Crippen LogP contribution < -0.4 is 15.4 Å². The van der Waals surface area contributed by atoms with E-state index in [0.29, 0.717) is 12.5 Å². The summed E-state index contributed by atoms with van der Waals surface area (Å²) >= 11 is 0. The summed E-state index contributed by atoms with van der Waals surface area (Å²) in [5.74, 6) is 1.16. The van der Waals surface area contributed by atoms with Gasteiger partial charge in [0.2, 0.25) is 0 Å². The van der Waals surface area contributed by atoms with Crippen LogP contribution in [0.2, 0.25) is 0 Å². The standard InChI is InChI=1S/C16H26N2O2/c1-11(2)9-18-16(19)13(4)20-15-12(3)7-6-8-14(15)10-17-5/h6-8,11,13,17H,9-10H2,1-5H3,(H,18,19). The van der Waals surface area contributed by atoms with Crippen molar-refractivity contribution in [2.75, 3.05) is 13.6 Å². The zero-order valence-electron chi connectivity index (χ0n) is 13.1. The molecule has 0 fully saturated rings. The Labute approximate surface area is 121 Å². The predicted molar refractivity (Wildman–Crippen MR) is 81.9 cm³/mol. The highest BCUT2D eigenvalue weighted by Crippen LogP contribution is 2.24. The van der Waals surface area contributed by atoms with Crippen LogP contribution in [0.25, 0.3) is 0 Å². The molecule has 1 unspecified atom stereocenters. The first-order valence-corrected chi connectivity index (χ1v) is 7.13. The minimum atomic E-state index is -0.495. The quantitative estimate of drug-likeness (QED) is 0.804. The van der Waals surface area contributed by atoms with Crippen LogP contribution in [-0.4, -0.2) is 25.6 Å². The number of benzene rings is 1. The molecular weight excluding hydrogens is 252 g/mol. The van der Waals surface area contributed by atoms with E-state index in [4.69, 9.17) is 4.74 Å². The second-order valence-electron chi connectivity index (χ2n) is 5.49. The largest absolute Gasteiger partial charge is 0.480 e. The topological polar surface area (TPSA) is 50.4 Å². The number of ether oxygens (including phenoxy) is 1. The second-order valence-corrected chi connectivity index (χ2v) is 5.49. The number of amides is 1. The molecule has 0 saturated carbocycles. The Morgan fingerprint density at radius 1 is 1.30 bits per heavy atom. The highest BCUT2D eigenvalue weighted by Gasteiger charge is 2.17. The Hall–Kier alpha value is -1.55. The molecule has 1 rings (SSSR count). The maximum Gasteiger partial charge on any atom is 0.260 e. The number of rotatable bonds is 7. The third-order valence-electron chi connectivity index (χ3n) is 3.01. The van der Waals surface area contributed by atoms with Crippen molar-refractivity contribution < 1.29 is 9.53 Å². The Morgan fingerprint density at radius 2 is 2.00 bits per heavy atom. The van der Waals surface area contributed by atoms with Crippen LogP contribution in [0.3, 0.4) is 0 Å². The summed E-state index contributed by atoms with van der Waals surface area (Å²) in [6.45, 7) is 9.30. The molecule has 0 saturated heterocycles. The lowest BCUT2D eigenvalue weighted by molar-refractivity contribution is -0.127. The summed E-state index contributed by atoms with van der Waals surface area (Å²) in [6.07, 6.45) is -0.495. The van der Waals surface area contributed by atoms with Crippen LogP contribution in [0.4, 0.5) is 0 Å². The SMILES string of the molecule is CNCc1cccc(C)c1OC(C)C(=O)NCC(C)C. The molecule has 0 aliphatic rings. The Morgan fingerprint density at radius 3 is 2.60 bits per heavy atom. The average molecular weight is 278 g/mol. The van der Waals surface area contributed by atoms with Gasteiger partial charge < -0.3 is 15.4 Å². The fraction of sp³-hybridized carbons (Fsp3) is 0.562. The van der Waals surface area contributed by atoms with Crippen LogP contribution in [0.15, 0.2) is 18.2 Å². The highest BCUT2D eigenvalue weighted by atomic mass is 16.5. The van der Waals surface area contributed by atoms with Crippen molar-refractivity contribution in [1.29, 1.82) is 0 Å². The fourth-order valence-electron chi connectivity index (χ4n) is 1.89. The molecule has 4 nitrogen and oxygen atoms in total. The third kappa shape index (κ3) is 4.85. The van der Waals surface area contributed by atoms with E-state index in [1.807, 2.05) is 32.2 Å². The van der Waals surface area contributed by atoms with Gasteiger partial charge in [-0.3, -0.25) is 4.79 Å². The number of carbonyl (C=O) groups is 1. The van der Waals surface area contributed by atoms with Gasteiger partial charge in [0.1, 0.15) is 5.75 Å². The van der Waals surface area contributed by atoms with Crippen LogP contribution in [0.5, 0.6) is 5.75 Å². The predicted octanol–water partition coefficient (Wildman–Crippen LogP) is 2.25. The van der Waals surface area contributed by atoms with Gasteiger partial charge in [0.25, 0.3) is 5.91 Å². The third-order valence-corrected chi connectivity index (χ3v) is 3.01. The van der Waals surface area contributed by atoms with Gasteiger partial charge in [-0.2, -0.15) is 0 Å². The van der Waals surface area contributed by atoms with E-state index in [0.717, 1.165) is 23.4 Å². The zero-order valence-corrected chi connectivity index (χ0v) is 13.1. The summed E-state index contributed by atoms with van der Waals surface area (Å²) in [5.41, 5.74) is 2.11. The number of aryl methyl sites for hydroxylation is 1. The molecule has 0 radical (unpaired) electrons. The number of hydrogen-bond donors (Lipinski definition) is 2. The molecule has 0 heterocycles. The lowest BCUT2D eigenvalue weighted by Crippen LogP contribution is -2.38. The normalized spacial score (nSPS) is 12.3. The molecule has 0 aliphatic heterocycles. The molecule has 2 N–H and O–H groups in total. The average Bonchev–Trinajstić information content (AvgIpc) is 2.40. The van der Waals surface area contributed by atoms with Crippen LogP contribution >= 0.6 is 0 Å². The van der Waals surface area contributed by atoms with Gasteiger partial charge in [0, 0.05) is 18.7 Å². The van der Waals surface area contributed by atoms with E-state index < -0.39 is 6.10 Å². The summed E-state index contributed by atoms with van der Waals surface area (Å²) in [5, 5.41) is 6.01. The van der Waals surface area contributed by atoms with Crippen molar-refractivity contribution in [2.45, 2.75) is 40.3 Å². The first-order chi connectivity index (χ1) is 9.45. The second kappa shape index (κ2) is 7.90. The van der Waals surface area contributed by atoms with Crippen molar-refractivity contribution in [3.05, 3.63) is 29.3 Å². The molecule has 0 spiro atoms. The summed E-state index contributed by atoms with van der Waals surface area (Å²) in [7, 11) is 1.89. The first-order valence-electron chi connectivity index (χ1n) is 7.13. The smallest absolute Gasteiger partial charge is 0.260 e. The van der Waals surface area contributed by atoms with Crippen LogP contribution in [-0.2, 0) is 11.3 Å². The van der Waals surface area contributed by atoms with E-state index in [1.54, 1.807) is 6.92 Å². The lowest BCUT2D eigenvalue weighted by Gasteiger charge is -2.19. The van der Waals surface area contributed by atoms with E-state index in [9.17, 15) is 4.79 Å². The fourth-order valence-corrected chi connectivity index (χ4v) is 1.89. The van der Waals surface area contributed by atoms with E-state index >= 15 is 0 Å². The number of para-hydroxylation sites is 1. The molecule has 1 amide bonds. The molecule has 1 aromatic carbocycles. The Kier molecular flexibility index (Phi) is 6.52. The lowest BCUT2D eigenvalue weighted by atomic mass is 10.1. The van der Waals surface area contributed by atoms with Gasteiger partial charge in [-0.25, -0.2) is 0 Å². The van der Waals surface area contributed by atoms with Crippen molar-refractivity contribution in [1.82, 2.24) is 10.6 Å². The maximum absolute atomic E-state index is 12.0. The minimum absolute atomic E-state index is 0.0719. The molecule has 1 atom stereocenters. The summed E-state index contributed by atoms with van der Waals surface area (Å²) in [4.78, 5) is 12.0. The summed E-state index contributed by atoms with van der Waals surface area (Å²) in [6, 6.07) is 6.00. The zero-order chi connectivity index (χ0) is 15.1. The molecular formula is C16H26N2O2. The highest BCUT2D eigenvalue weighted by molar-refractivity contribution is 5.80. The Balaban J connectivity index is 2.74. The van der Waals surface area contributed by atoms with Gasteiger partial charge in [-0.05, 0) is 32.4 Å². The molecule has 1 aromatic rings. The van der Waals surface area contributed by atoms with E-state index in [2.05, 4.69) is 24.5 Å². The molecule has 0 aromatic heterocycles. The van der Waals surface area contributed by atoms with Crippen LogP contribution in [0, 0.1) is 12.8 Å². The molecule has 0 bridgehead atoms. The first kappa shape index (κ1) is 16.5. The van der Waals surface area contributed by atoms with E-state index in [-0.39, 0.29) is 5.91 Å². The number of nitrogens with one attached hydrogen (secondary N) is 2. The van der Waals surface area contributed by atoms with Gasteiger partial charge in [0.05, 0.1) is 0 Å². The molecule has 0 aliphatic carbocycles. The monoisotopic (exact) mass is 278 g/mol. The van der Waals surface area contributed by atoms with Crippen molar-refractivity contribution in [3.63, 3.8) is 0 Å². The van der Waals surface area contributed by atoms with Gasteiger partial charge in [-0.15, -0.1) is 0 Å². The van der Waals surface area contributed by atoms with Crippen LogP contribution in [0.1, 0.15) is 31.9 Å². The van der Waals surface area contributed by atoms with Crippen molar-refractivity contribution >= 4 is 5.91 Å². The number of carbonyl (C=O) groups excluding carboxylic acids is 1.